The summed E-state index contributed by atoms with van der Waals surface area (Å²) in [6.45, 7) is 0.971. The van der Waals surface area contributed by atoms with Crippen molar-refractivity contribution in [3.63, 3.8) is 0 Å². The SMILES string of the molecule is COC(=O)N1Cc2nc(CCN)[nH]c(=O)c2C1. The number of carbonyl (C=O) groups is 1. The van der Waals surface area contributed by atoms with Crippen molar-refractivity contribution in [1.82, 2.24) is 14.9 Å². The number of carbonyl (C=O) groups excluding carboxylic acids is 1. The number of aromatic nitrogens is 2. The predicted octanol–water partition coefficient (Wildman–Crippen LogP) is -0.647. The second-order valence-corrected chi connectivity index (χ2v) is 3.80. The lowest BCUT2D eigenvalue weighted by atomic mass is 10.2. The summed E-state index contributed by atoms with van der Waals surface area (Å²) in [7, 11) is 1.31. The fourth-order valence-corrected chi connectivity index (χ4v) is 1.83. The van der Waals surface area contributed by atoms with Crippen LogP contribution in [0.15, 0.2) is 4.79 Å². The van der Waals surface area contributed by atoms with Crippen molar-refractivity contribution in [3.05, 3.63) is 27.4 Å². The van der Waals surface area contributed by atoms with Crippen LogP contribution >= 0.6 is 0 Å². The van der Waals surface area contributed by atoms with Crippen LogP contribution in [-0.2, 0) is 24.2 Å². The van der Waals surface area contributed by atoms with E-state index in [1.807, 2.05) is 0 Å². The minimum absolute atomic E-state index is 0.204. The molecule has 1 amide bonds. The van der Waals surface area contributed by atoms with E-state index in [4.69, 9.17) is 5.73 Å². The Labute approximate surface area is 97.6 Å². The van der Waals surface area contributed by atoms with Gasteiger partial charge >= 0.3 is 6.09 Å². The number of ether oxygens (including phenoxy) is 1. The molecule has 92 valence electrons. The highest BCUT2D eigenvalue weighted by atomic mass is 16.5. The minimum atomic E-state index is -0.456. The van der Waals surface area contributed by atoms with Crippen LogP contribution in [-0.4, -0.2) is 34.6 Å². The summed E-state index contributed by atoms with van der Waals surface area (Å²) in [6, 6.07) is 0. The summed E-state index contributed by atoms with van der Waals surface area (Å²) in [5.41, 5.74) is 6.35. The van der Waals surface area contributed by atoms with Crippen molar-refractivity contribution in [2.24, 2.45) is 5.73 Å². The molecule has 0 unspecified atom stereocenters. The average Bonchev–Trinajstić information content (AvgIpc) is 2.73. The van der Waals surface area contributed by atoms with Crippen molar-refractivity contribution in [3.8, 4) is 0 Å². The molecule has 0 saturated heterocycles. The predicted molar refractivity (Wildman–Crippen MR) is 59.3 cm³/mol. The number of nitrogens with zero attached hydrogens (tertiary/aromatic N) is 2. The molecular weight excluding hydrogens is 224 g/mol. The fraction of sp³-hybridized carbons (Fsp3) is 0.500. The Morgan fingerprint density at radius 2 is 2.35 bits per heavy atom. The first-order chi connectivity index (χ1) is 8.15. The zero-order valence-electron chi connectivity index (χ0n) is 9.52. The van der Waals surface area contributed by atoms with Crippen molar-refractivity contribution in [1.29, 1.82) is 0 Å². The number of amides is 1. The maximum atomic E-state index is 11.7. The molecule has 17 heavy (non-hydrogen) atoms. The largest absolute Gasteiger partial charge is 0.453 e. The van der Waals surface area contributed by atoms with E-state index in [-0.39, 0.29) is 12.1 Å². The van der Waals surface area contributed by atoms with Crippen molar-refractivity contribution < 1.29 is 9.53 Å². The first kappa shape index (κ1) is 11.6. The van der Waals surface area contributed by atoms with Gasteiger partial charge in [-0.3, -0.25) is 9.69 Å². The van der Waals surface area contributed by atoms with Crippen LogP contribution in [0.2, 0.25) is 0 Å². The third kappa shape index (κ3) is 2.14. The lowest BCUT2D eigenvalue weighted by Gasteiger charge is -2.11. The highest BCUT2D eigenvalue weighted by molar-refractivity contribution is 5.68. The number of nitrogens with one attached hydrogen (secondary N) is 1. The molecule has 2 heterocycles. The molecule has 0 saturated carbocycles. The van der Waals surface area contributed by atoms with Gasteiger partial charge < -0.3 is 15.5 Å². The van der Waals surface area contributed by atoms with Gasteiger partial charge in [0.1, 0.15) is 5.82 Å². The first-order valence-corrected chi connectivity index (χ1v) is 5.29. The summed E-state index contributed by atoms with van der Waals surface area (Å²) in [5.74, 6) is 0.558. The molecule has 1 aliphatic rings. The Morgan fingerprint density at radius 1 is 1.59 bits per heavy atom. The molecule has 0 aliphatic carbocycles. The molecule has 0 aromatic carbocycles. The van der Waals surface area contributed by atoms with Gasteiger partial charge in [0.2, 0.25) is 0 Å². The monoisotopic (exact) mass is 238 g/mol. The van der Waals surface area contributed by atoms with Gasteiger partial charge in [-0.2, -0.15) is 0 Å². The number of nitrogens with two attached hydrogens (primary N) is 1. The van der Waals surface area contributed by atoms with E-state index in [0.29, 0.717) is 36.6 Å². The van der Waals surface area contributed by atoms with E-state index in [9.17, 15) is 9.59 Å². The van der Waals surface area contributed by atoms with Gasteiger partial charge in [0.25, 0.3) is 5.56 Å². The maximum Gasteiger partial charge on any atom is 0.410 e. The highest BCUT2D eigenvalue weighted by Crippen LogP contribution is 2.18. The van der Waals surface area contributed by atoms with E-state index in [1.165, 1.54) is 12.0 Å². The van der Waals surface area contributed by atoms with Crippen LogP contribution in [0.1, 0.15) is 17.1 Å². The van der Waals surface area contributed by atoms with Gasteiger partial charge in [0.05, 0.1) is 31.5 Å². The Bertz CT molecular complexity index is 497. The van der Waals surface area contributed by atoms with E-state index in [1.54, 1.807) is 0 Å². The Balaban J connectivity index is 2.29. The molecule has 3 N–H and O–H groups in total. The second-order valence-electron chi connectivity index (χ2n) is 3.80. The van der Waals surface area contributed by atoms with Gasteiger partial charge in [0, 0.05) is 6.42 Å². The van der Waals surface area contributed by atoms with Crippen LogP contribution in [0, 0.1) is 0 Å². The smallest absolute Gasteiger partial charge is 0.410 e. The lowest BCUT2D eigenvalue weighted by molar-refractivity contribution is 0.123. The third-order valence-corrected chi connectivity index (χ3v) is 2.65. The Kier molecular flexibility index (Phi) is 3.10. The number of aromatic amines is 1. The Morgan fingerprint density at radius 3 is 3.00 bits per heavy atom. The third-order valence-electron chi connectivity index (χ3n) is 2.65. The van der Waals surface area contributed by atoms with Crippen LogP contribution in [0.3, 0.4) is 0 Å². The van der Waals surface area contributed by atoms with E-state index in [2.05, 4.69) is 14.7 Å². The highest BCUT2D eigenvalue weighted by Gasteiger charge is 2.27. The number of hydrogen-bond acceptors (Lipinski definition) is 5. The number of hydrogen-bond donors (Lipinski definition) is 2. The summed E-state index contributed by atoms with van der Waals surface area (Å²) in [6.07, 6.45) is 0.0589. The van der Waals surface area contributed by atoms with Crippen molar-refractivity contribution in [2.45, 2.75) is 19.5 Å². The normalized spacial score (nSPS) is 13.6. The van der Waals surface area contributed by atoms with Gasteiger partial charge in [-0.25, -0.2) is 9.78 Å². The molecule has 0 radical (unpaired) electrons. The number of fused-ring (bicyclic) bond motifs is 1. The van der Waals surface area contributed by atoms with Crippen molar-refractivity contribution in [2.75, 3.05) is 13.7 Å². The van der Waals surface area contributed by atoms with Crippen LogP contribution in [0.5, 0.6) is 0 Å². The quantitative estimate of drug-likeness (QED) is 0.713. The van der Waals surface area contributed by atoms with Crippen LogP contribution in [0.25, 0.3) is 0 Å². The van der Waals surface area contributed by atoms with Gasteiger partial charge in [-0.15, -0.1) is 0 Å². The van der Waals surface area contributed by atoms with E-state index >= 15 is 0 Å². The molecule has 1 aromatic rings. The van der Waals surface area contributed by atoms with Crippen molar-refractivity contribution >= 4 is 6.09 Å². The van der Waals surface area contributed by atoms with Crippen LogP contribution < -0.4 is 11.3 Å². The number of H-pyrrole nitrogens is 1. The summed E-state index contributed by atoms with van der Waals surface area (Å²) >= 11 is 0. The molecule has 0 spiro atoms. The first-order valence-electron chi connectivity index (χ1n) is 5.29. The van der Waals surface area contributed by atoms with E-state index < -0.39 is 6.09 Å². The van der Waals surface area contributed by atoms with Gasteiger partial charge in [0.15, 0.2) is 0 Å². The zero-order valence-corrected chi connectivity index (χ0v) is 9.52. The average molecular weight is 238 g/mol. The molecule has 7 nitrogen and oxygen atoms in total. The molecule has 0 bridgehead atoms. The second kappa shape index (κ2) is 4.54. The molecule has 7 heteroatoms. The lowest BCUT2D eigenvalue weighted by Crippen LogP contribution is -2.25. The topological polar surface area (TPSA) is 101 Å². The molecule has 2 rings (SSSR count). The van der Waals surface area contributed by atoms with Gasteiger partial charge in [-0.1, -0.05) is 0 Å². The summed E-state index contributed by atoms with van der Waals surface area (Å²) < 4.78 is 4.61. The summed E-state index contributed by atoms with van der Waals surface area (Å²) in [5, 5.41) is 0. The zero-order chi connectivity index (χ0) is 12.4. The molecular formula is C10H14N4O3. The standard InChI is InChI=1S/C10H14N4O3/c1-17-10(16)14-4-6-7(5-14)12-8(2-3-11)13-9(6)15/h2-5,11H2,1H3,(H,12,13,15). The minimum Gasteiger partial charge on any atom is -0.453 e. The summed E-state index contributed by atoms with van der Waals surface area (Å²) in [4.78, 5) is 31.5. The van der Waals surface area contributed by atoms with E-state index in [0.717, 1.165) is 0 Å². The fourth-order valence-electron chi connectivity index (χ4n) is 1.83. The molecule has 1 aliphatic heterocycles. The molecule has 0 fully saturated rings. The molecule has 0 atom stereocenters. The van der Waals surface area contributed by atoms with Gasteiger partial charge in [-0.05, 0) is 6.54 Å². The Hall–Kier alpha value is -1.89. The maximum absolute atomic E-state index is 11.7. The van der Waals surface area contributed by atoms with Crippen LogP contribution in [0.4, 0.5) is 4.79 Å². The molecule has 1 aromatic heterocycles. The number of methoxy groups -OCH3 is 1. The number of rotatable bonds is 2.